The number of hydrogen-bond acceptors (Lipinski definition) is 1. The van der Waals surface area contributed by atoms with E-state index >= 15 is 0 Å². The van der Waals surface area contributed by atoms with Crippen molar-refractivity contribution in [2.75, 3.05) is 0 Å². The molecule has 22 heavy (non-hydrogen) atoms. The van der Waals surface area contributed by atoms with Gasteiger partial charge in [-0.1, -0.05) is 46.6 Å². The van der Waals surface area contributed by atoms with E-state index in [4.69, 9.17) is 0 Å². The third-order valence-corrected chi connectivity index (χ3v) is 5.70. The molecule has 0 radical (unpaired) electrons. The van der Waals surface area contributed by atoms with E-state index in [1.807, 2.05) is 22.8 Å². The molecule has 3 nitrogen and oxygen atoms in total. The molecule has 1 saturated carbocycles. The maximum absolute atomic E-state index is 10.7. The smallest absolute Gasteiger partial charge is 0.368 e. The molecule has 0 spiro atoms. The number of fused-ring (bicyclic) bond motifs is 3. The van der Waals surface area contributed by atoms with Crippen LogP contribution in [0.2, 0.25) is 0 Å². The summed E-state index contributed by atoms with van der Waals surface area (Å²) in [5, 5.41) is 23.4. The molecule has 2 aromatic rings. The van der Waals surface area contributed by atoms with E-state index in [1.165, 1.54) is 10.8 Å². The van der Waals surface area contributed by atoms with Crippen molar-refractivity contribution < 1.29 is 14.8 Å². The zero-order valence-corrected chi connectivity index (χ0v) is 13.9. The predicted molar refractivity (Wildman–Crippen MR) is 90.6 cm³/mol. The van der Waals surface area contributed by atoms with Gasteiger partial charge in [0.25, 0.3) is 0 Å². The van der Waals surface area contributed by atoms with Gasteiger partial charge in [-0.3, -0.25) is 0 Å². The lowest BCUT2D eigenvalue weighted by molar-refractivity contribution is -0.595. The SMILES string of the molecule is OC1=[N+](C2CCCCC2O)Cc2c1cc(Br)c1ccccc21. The van der Waals surface area contributed by atoms with E-state index in [-0.39, 0.29) is 12.1 Å². The molecule has 114 valence electrons. The zero-order chi connectivity index (χ0) is 15.3. The molecule has 1 heterocycles. The van der Waals surface area contributed by atoms with E-state index < -0.39 is 0 Å². The van der Waals surface area contributed by atoms with Crippen LogP contribution in [0.15, 0.2) is 34.8 Å². The van der Waals surface area contributed by atoms with E-state index in [0.717, 1.165) is 41.3 Å². The lowest BCUT2D eigenvalue weighted by atomic mass is 9.92. The van der Waals surface area contributed by atoms with E-state index in [9.17, 15) is 10.2 Å². The second kappa shape index (κ2) is 5.36. The van der Waals surface area contributed by atoms with Gasteiger partial charge in [-0.25, -0.2) is 0 Å². The largest absolute Gasteiger partial charge is 0.460 e. The second-order valence-corrected chi connectivity index (χ2v) is 7.16. The quantitative estimate of drug-likeness (QED) is 0.760. The van der Waals surface area contributed by atoms with Gasteiger partial charge in [0.1, 0.15) is 6.10 Å². The van der Waals surface area contributed by atoms with Crippen LogP contribution in [0.5, 0.6) is 0 Å². The maximum Gasteiger partial charge on any atom is 0.368 e. The summed E-state index contributed by atoms with van der Waals surface area (Å²) >= 11 is 3.61. The topological polar surface area (TPSA) is 43.5 Å². The van der Waals surface area contributed by atoms with Gasteiger partial charge in [-0.05, 0) is 29.7 Å². The van der Waals surface area contributed by atoms with Gasteiger partial charge in [-0.15, -0.1) is 0 Å². The van der Waals surface area contributed by atoms with Gasteiger partial charge < -0.3 is 10.2 Å². The fraction of sp³-hybridized carbons (Fsp3) is 0.389. The van der Waals surface area contributed by atoms with Crippen LogP contribution in [0, 0.1) is 0 Å². The Bertz CT molecular complexity index is 784. The zero-order valence-electron chi connectivity index (χ0n) is 12.3. The normalized spacial score (nSPS) is 24.8. The molecule has 2 aliphatic rings. The first-order valence-corrected chi connectivity index (χ1v) is 8.67. The number of aliphatic hydroxyl groups is 2. The van der Waals surface area contributed by atoms with Crippen molar-refractivity contribution >= 4 is 32.6 Å². The van der Waals surface area contributed by atoms with E-state index in [2.05, 4.69) is 28.1 Å². The predicted octanol–water partition coefficient (Wildman–Crippen LogP) is 3.74. The van der Waals surface area contributed by atoms with Gasteiger partial charge in [0.15, 0.2) is 12.6 Å². The van der Waals surface area contributed by atoms with Crippen LogP contribution in [0.25, 0.3) is 10.8 Å². The first-order valence-electron chi connectivity index (χ1n) is 7.88. The molecule has 0 amide bonds. The summed E-state index contributed by atoms with van der Waals surface area (Å²) in [6.07, 6.45) is 3.62. The van der Waals surface area contributed by atoms with Crippen LogP contribution >= 0.6 is 15.9 Å². The Kier molecular flexibility index (Phi) is 3.46. The number of benzene rings is 2. The van der Waals surface area contributed by atoms with E-state index in [0.29, 0.717) is 12.4 Å². The molecule has 2 atom stereocenters. The van der Waals surface area contributed by atoms with Crippen molar-refractivity contribution in [2.45, 2.75) is 44.4 Å². The van der Waals surface area contributed by atoms with Gasteiger partial charge in [0.2, 0.25) is 0 Å². The highest BCUT2D eigenvalue weighted by molar-refractivity contribution is 9.10. The molecule has 4 heteroatoms. The van der Waals surface area contributed by atoms with Crippen molar-refractivity contribution in [3.63, 3.8) is 0 Å². The Morgan fingerprint density at radius 3 is 2.59 bits per heavy atom. The Morgan fingerprint density at radius 1 is 1.09 bits per heavy atom. The number of nitrogens with zero attached hydrogens (tertiary/aromatic N) is 1. The molecule has 0 aromatic heterocycles. The standard InChI is InChI=1S/C18H18BrNO2/c19-15-9-13-14(11-5-1-2-6-12(11)15)10-20(18(13)22)16-7-3-4-8-17(16)21/h1-2,5-6,9,16-17,21H,3-4,7-8,10H2/p+1. The number of rotatable bonds is 1. The molecule has 1 aliphatic heterocycles. The van der Waals surface area contributed by atoms with Crippen molar-refractivity contribution in [2.24, 2.45) is 0 Å². The molecule has 0 bridgehead atoms. The molecule has 4 rings (SSSR count). The lowest BCUT2D eigenvalue weighted by Gasteiger charge is -2.24. The average Bonchev–Trinajstić information content (AvgIpc) is 2.86. The Balaban J connectivity index is 1.83. The highest BCUT2D eigenvalue weighted by Crippen LogP contribution is 2.35. The average molecular weight is 361 g/mol. The van der Waals surface area contributed by atoms with Gasteiger partial charge in [-0.2, -0.15) is 4.58 Å². The summed E-state index contributed by atoms with van der Waals surface area (Å²) in [6, 6.07) is 10.3. The van der Waals surface area contributed by atoms with Crippen LogP contribution in [-0.4, -0.2) is 32.8 Å². The van der Waals surface area contributed by atoms with Crippen LogP contribution in [-0.2, 0) is 6.54 Å². The van der Waals surface area contributed by atoms with E-state index in [1.54, 1.807) is 0 Å². The molecule has 2 N–H and O–H groups in total. The number of aliphatic hydroxyl groups excluding tert-OH is 2. The molecule has 1 aliphatic carbocycles. The van der Waals surface area contributed by atoms with Gasteiger partial charge >= 0.3 is 5.90 Å². The number of hydrogen-bond donors (Lipinski definition) is 2. The monoisotopic (exact) mass is 360 g/mol. The first kappa shape index (κ1) is 14.2. The maximum atomic E-state index is 10.7. The minimum Gasteiger partial charge on any atom is -0.460 e. The Morgan fingerprint density at radius 2 is 1.82 bits per heavy atom. The lowest BCUT2D eigenvalue weighted by Crippen LogP contribution is -2.40. The summed E-state index contributed by atoms with van der Waals surface area (Å²) in [6.45, 7) is 0.677. The highest BCUT2D eigenvalue weighted by Gasteiger charge is 2.40. The third-order valence-electron chi connectivity index (χ3n) is 5.04. The molecule has 2 unspecified atom stereocenters. The summed E-state index contributed by atoms with van der Waals surface area (Å²) in [4.78, 5) is 0. The van der Waals surface area contributed by atoms with Crippen molar-refractivity contribution in [1.29, 1.82) is 0 Å². The fourth-order valence-corrected chi connectivity index (χ4v) is 4.47. The van der Waals surface area contributed by atoms with Crippen molar-refractivity contribution in [3.05, 3.63) is 45.9 Å². The summed E-state index contributed by atoms with van der Waals surface area (Å²) < 4.78 is 2.99. The van der Waals surface area contributed by atoms with Crippen LogP contribution in [0.1, 0.15) is 36.8 Å². The molecule has 0 saturated heterocycles. The second-order valence-electron chi connectivity index (χ2n) is 6.30. The van der Waals surface area contributed by atoms with Gasteiger partial charge in [0.05, 0.1) is 5.56 Å². The van der Waals surface area contributed by atoms with Crippen molar-refractivity contribution in [1.82, 2.24) is 0 Å². The molecular weight excluding hydrogens is 342 g/mol. The van der Waals surface area contributed by atoms with Gasteiger partial charge in [0, 0.05) is 16.5 Å². The first-order chi connectivity index (χ1) is 10.7. The molecular formula is C18H19BrNO2+. The van der Waals surface area contributed by atoms with Crippen LogP contribution in [0.3, 0.4) is 0 Å². The summed E-state index contributed by atoms with van der Waals surface area (Å²) in [7, 11) is 0. The van der Waals surface area contributed by atoms with Crippen molar-refractivity contribution in [3.8, 4) is 0 Å². The summed E-state index contributed by atoms with van der Waals surface area (Å²) in [5.41, 5.74) is 2.05. The minimum absolute atomic E-state index is 0.0266. The third kappa shape index (κ3) is 2.09. The molecule has 1 fully saturated rings. The highest BCUT2D eigenvalue weighted by atomic mass is 79.9. The summed E-state index contributed by atoms with van der Waals surface area (Å²) in [5.74, 6) is 0.312. The molecule has 2 aromatic carbocycles. The minimum atomic E-state index is -0.347. The fourth-order valence-electron chi connectivity index (χ4n) is 3.89. The Labute approximate surface area is 138 Å². The number of halogens is 1. The van der Waals surface area contributed by atoms with Crippen LogP contribution in [0.4, 0.5) is 0 Å². The van der Waals surface area contributed by atoms with Crippen LogP contribution < -0.4 is 0 Å². The Hall–Kier alpha value is -1.39.